The van der Waals surface area contributed by atoms with Crippen LogP contribution in [0, 0.1) is 0 Å². The van der Waals surface area contributed by atoms with Crippen LogP contribution >= 0.6 is 0 Å². The Balaban J connectivity index is 2.86. The molecule has 0 saturated heterocycles. The third-order valence-electron chi connectivity index (χ3n) is 2.57. The summed E-state index contributed by atoms with van der Waals surface area (Å²) in [5, 5.41) is 8.66. The van der Waals surface area contributed by atoms with E-state index in [-0.39, 0.29) is 13.2 Å². The lowest BCUT2D eigenvalue weighted by Gasteiger charge is -2.22. The van der Waals surface area contributed by atoms with Crippen LogP contribution in [0.15, 0.2) is 36.4 Å². The van der Waals surface area contributed by atoms with E-state index in [9.17, 15) is 8.42 Å². The van der Waals surface area contributed by atoms with Crippen molar-refractivity contribution >= 4 is 21.4 Å². The molecule has 0 aliphatic heterocycles. The van der Waals surface area contributed by atoms with Gasteiger partial charge in [-0.15, -0.1) is 0 Å². The lowest BCUT2D eigenvalue weighted by Crippen LogP contribution is -2.30. The van der Waals surface area contributed by atoms with E-state index in [4.69, 9.17) is 10.8 Å². The second-order valence-corrected chi connectivity index (χ2v) is 6.10. The largest absolute Gasteiger partial charge is 0.397 e. The molecule has 0 aliphatic rings. The Morgan fingerprint density at radius 1 is 1.32 bits per heavy atom. The molecule has 0 amide bonds. The first-order chi connectivity index (χ1) is 8.96. The van der Waals surface area contributed by atoms with Gasteiger partial charge in [0.15, 0.2) is 0 Å². The molecule has 0 aromatic heterocycles. The van der Waals surface area contributed by atoms with Crippen molar-refractivity contribution in [2.45, 2.75) is 12.8 Å². The van der Waals surface area contributed by atoms with Gasteiger partial charge < -0.3 is 10.8 Å². The molecule has 1 aromatic carbocycles. The number of hydrogen-bond acceptors (Lipinski definition) is 4. The van der Waals surface area contributed by atoms with Crippen LogP contribution in [0.5, 0.6) is 0 Å². The minimum absolute atomic E-state index is 0.131. The molecule has 1 aromatic rings. The summed E-state index contributed by atoms with van der Waals surface area (Å²) in [7, 11) is -3.38. The summed E-state index contributed by atoms with van der Waals surface area (Å²) in [6.45, 7) is 0.365. The molecule has 0 aliphatic carbocycles. The van der Waals surface area contributed by atoms with E-state index >= 15 is 0 Å². The molecular formula is C13H20N2O3S. The van der Waals surface area contributed by atoms with Gasteiger partial charge in [-0.1, -0.05) is 24.3 Å². The van der Waals surface area contributed by atoms with Gasteiger partial charge in [0.1, 0.15) is 0 Å². The van der Waals surface area contributed by atoms with Crippen LogP contribution in [0.1, 0.15) is 12.8 Å². The number of anilines is 2. The second kappa shape index (κ2) is 7.16. The van der Waals surface area contributed by atoms with Crippen LogP contribution < -0.4 is 10.0 Å². The fraction of sp³-hybridized carbons (Fsp3) is 0.385. The van der Waals surface area contributed by atoms with Crippen molar-refractivity contribution in [1.29, 1.82) is 0 Å². The number of nitrogen functional groups attached to an aromatic ring is 1. The number of sulfonamides is 1. The highest BCUT2D eigenvalue weighted by Crippen LogP contribution is 2.24. The van der Waals surface area contributed by atoms with Gasteiger partial charge in [0.05, 0.1) is 24.2 Å². The number of allylic oxidation sites excluding steroid dienone is 1. The number of nitrogens with zero attached hydrogens (tertiary/aromatic N) is 1. The molecule has 0 heterocycles. The third kappa shape index (κ3) is 4.92. The molecule has 0 saturated carbocycles. The molecule has 5 nitrogen and oxygen atoms in total. The number of unbranched alkanes of at least 4 members (excludes halogenated alkanes) is 1. The average molecular weight is 284 g/mol. The van der Waals surface area contributed by atoms with Gasteiger partial charge in [-0.2, -0.15) is 0 Å². The molecule has 6 heteroatoms. The normalized spacial score (nSPS) is 11.9. The first-order valence-electron chi connectivity index (χ1n) is 6.05. The van der Waals surface area contributed by atoms with Crippen molar-refractivity contribution in [3.05, 3.63) is 36.4 Å². The van der Waals surface area contributed by atoms with Crippen LogP contribution in [0.4, 0.5) is 11.4 Å². The minimum atomic E-state index is -3.38. The van der Waals surface area contributed by atoms with Crippen LogP contribution in [-0.4, -0.2) is 32.9 Å². The molecule has 0 radical (unpaired) electrons. The molecule has 106 valence electrons. The van der Waals surface area contributed by atoms with Crippen molar-refractivity contribution < 1.29 is 13.5 Å². The van der Waals surface area contributed by atoms with Gasteiger partial charge >= 0.3 is 0 Å². The lowest BCUT2D eigenvalue weighted by atomic mass is 10.2. The van der Waals surface area contributed by atoms with E-state index < -0.39 is 10.0 Å². The Morgan fingerprint density at radius 3 is 2.58 bits per heavy atom. The summed E-state index contributed by atoms with van der Waals surface area (Å²) >= 11 is 0. The Morgan fingerprint density at radius 2 is 2.00 bits per heavy atom. The molecule has 3 N–H and O–H groups in total. The predicted molar refractivity (Wildman–Crippen MR) is 78.5 cm³/mol. The summed E-state index contributed by atoms with van der Waals surface area (Å²) in [4.78, 5) is 0. The lowest BCUT2D eigenvalue weighted by molar-refractivity contribution is 0.289. The number of aliphatic hydroxyl groups excluding tert-OH is 1. The topological polar surface area (TPSA) is 83.6 Å². The first-order valence-corrected chi connectivity index (χ1v) is 7.89. The number of para-hydroxylation sites is 2. The molecule has 0 unspecified atom stereocenters. The fourth-order valence-corrected chi connectivity index (χ4v) is 2.50. The molecule has 1 rings (SSSR count). The molecule has 0 fully saturated rings. The van der Waals surface area contributed by atoms with Gasteiger partial charge in [0, 0.05) is 6.61 Å². The average Bonchev–Trinajstić information content (AvgIpc) is 2.34. The maximum absolute atomic E-state index is 11.8. The quantitative estimate of drug-likeness (QED) is 0.450. The van der Waals surface area contributed by atoms with Crippen molar-refractivity contribution in [1.82, 2.24) is 0 Å². The third-order valence-corrected chi connectivity index (χ3v) is 3.72. The van der Waals surface area contributed by atoms with Crippen LogP contribution in [0.3, 0.4) is 0 Å². The van der Waals surface area contributed by atoms with E-state index in [1.165, 1.54) is 4.31 Å². The van der Waals surface area contributed by atoms with Gasteiger partial charge in [0.2, 0.25) is 10.0 Å². The van der Waals surface area contributed by atoms with Crippen LogP contribution in [0.25, 0.3) is 0 Å². The Bertz CT molecular complexity index is 526. The molecule has 0 bridgehead atoms. The summed E-state index contributed by atoms with van der Waals surface area (Å²) in [5.41, 5.74) is 6.72. The summed E-state index contributed by atoms with van der Waals surface area (Å²) in [6, 6.07) is 6.86. The molecule has 0 spiro atoms. The summed E-state index contributed by atoms with van der Waals surface area (Å²) < 4.78 is 24.9. The van der Waals surface area contributed by atoms with Crippen molar-refractivity contribution in [3.8, 4) is 0 Å². The smallest absolute Gasteiger partial charge is 0.232 e. The van der Waals surface area contributed by atoms with E-state index in [0.717, 1.165) is 12.7 Å². The molecular weight excluding hydrogens is 264 g/mol. The zero-order valence-corrected chi connectivity index (χ0v) is 11.8. The Labute approximate surface area is 114 Å². The van der Waals surface area contributed by atoms with Crippen LogP contribution in [-0.2, 0) is 10.0 Å². The second-order valence-electron chi connectivity index (χ2n) is 4.19. The number of hydrogen-bond donors (Lipinski definition) is 2. The monoisotopic (exact) mass is 284 g/mol. The minimum Gasteiger partial charge on any atom is -0.397 e. The number of benzene rings is 1. The van der Waals surface area contributed by atoms with Crippen molar-refractivity contribution in [2.75, 3.05) is 29.4 Å². The van der Waals surface area contributed by atoms with Gasteiger partial charge in [0.25, 0.3) is 0 Å². The maximum atomic E-state index is 11.8. The van der Waals surface area contributed by atoms with E-state index in [1.807, 2.05) is 6.08 Å². The van der Waals surface area contributed by atoms with Gasteiger partial charge in [-0.3, -0.25) is 4.31 Å². The predicted octanol–water partition coefficient (Wildman–Crippen LogP) is 1.36. The van der Waals surface area contributed by atoms with Crippen molar-refractivity contribution in [2.24, 2.45) is 0 Å². The first kappa shape index (κ1) is 15.5. The molecule has 0 atom stereocenters. The standard InChI is InChI=1S/C13H20N2O3S/c1-19(17,18)15(10-6-2-3-7-11-16)13-9-5-4-8-12(13)14/h2,4-6,8-9,16H,3,7,10-11,14H2,1H3/b6-2+. The SMILES string of the molecule is CS(=O)(=O)N(C/C=C/CCCO)c1ccccc1N. The maximum Gasteiger partial charge on any atom is 0.232 e. The number of nitrogens with two attached hydrogens (primary N) is 1. The van der Waals surface area contributed by atoms with Gasteiger partial charge in [-0.05, 0) is 25.0 Å². The van der Waals surface area contributed by atoms with Gasteiger partial charge in [-0.25, -0.2) is 8.42 Å². The fourth-order valence-electron chi connectivity index (χ4n) is 1.62. The van der Waals surface area contributed by atoms with Crippen LogP contribution in [0.2, 0.25) is 0 Å². The summed E-state index contributed by atoms with van der Waals surface area (Å²) in [6.07, 6.45) is 6.17. The number of aliphatic hydroxyl groups is 1. The highest BCUT2D eigenvalue weighted by molar-refractivity contribution is 7.92. The number of rotatable bonds is 7. The van der Waals surface area contributed by atoms with Crippen molar-refractivity contribution in [3.63, 3.8) is 0 Å². The Hall–Kier alpha value is -1.53. The highest BCUT2D eigenvalue weighted by atomic mass is 32.2. The van der Waals surface area contributed by atoms with E-state index in [0.29, 0.717) is 17.8 Å². The summed E-state index contributed by atoms with van der Waals surface area (Å²) in [5.74, 6) is 0. The Kier molecular flexibility index (Phi) is 5.85. The molecule has 19 heavy (non-hydrogen) atoms. The highest BCUT2D eigenvalue weighted by Gasteiger charge is 2.17. The van der Waals surface area contributed by atoms with E-state index in [1.54, 1.807) is 30.3 Å². The zero-order valence-electron chi connectivity index (χ0n) is 11.0. The van der Waals surface area contributed by atoms with E-state index in [2.05, 4.69) is 0 Å². The zero-order chi connectivity index (χ0) is 14.3.